The molecule has 2 aromatic rings. The second kappa shape index (κ2) is 3.72. The van der Waals surface area contributed by atoms with Crippen LogP contribution in [0.15, 0.2) is 24.5 Å². The molecule has 16 heavy (non-hydrogen) atoms. The first-order chi connectivity index (χ1) is 7.86. The van der Waals surface area contributed by atoms with Crippen LogP contribution in [0.5, 0.6) is 0 Å². The van der Waals surface area contributed by atoms with E-state index in [4.69, 9.17) is 4.74 Å². The van der Waals surface area contributed by atoms with Gasteiger partial charge in [0.25, 0.3) is 0 Å². The third-order valence-corrected chi connectivity index (χ3v) is 2.94. The van der Waals surface area contributed by atoms with Gasteiger partial charge in [-0.3, -0.25) is 9.67 Å². The molecule has 0 atom stereocenters. The highest BCUT2D eigenvalue weighted by atomic mass is 16.5. The van der Waals surface area contributed by atoms with Crippen molar-refractivity contribution in [3.63, 3.8) is 0 Å². The molecule has 0 aliphatic carbocycles. The fourth-order valence-corrected chi connectivity index (χ4v) is 2.14. The first-order valence-electron chi connectivity index (χ1n) is 5.39. The van der Waals surface area contributed by atoms with Crippen molar-refractivity contribution >= 4 is 0 Å². The van der Waals surface area contributed by atoms with E-state index < -0.39 is 0 Å². The Bertz CT molecular complexity index is 504. The highest BCUT2D eigenvalue weighted by molar-refractivity contribution is 5.63. The molecule has 4 nitrogen and oxygen atoms in total. The first kappa shape index (κ1) is 9.54. The minimum Gasteiger partial charge on any atom is -0.376 e. The Hall–Kier alpha value is -1.68. The number of ether oxygens (including phenoxy) is 1. The number of pyridine rings is 1. The predicted octanol–water partition coefficient (Wildman–Crippen LogP) is 1.55. The van der Waals surface area contributed by atoms with E-state index >= 15 is 0 Å². The smallest absolute Gasteiger partial charge is 0.0996 e. The molecule has 1 aliphatic heterocycles. The van der Waals surface area contributed by atoms with Gasteiger partial charge in [0.05, 0.1) is 18.9 Å². The van der Waals surface area contributed by atoms with E-state index in [1.807, 2.05) is 30.1 Å². The molecule has 0 bridgehead atoms. The molecule has 0 amide bonds. The Morgan fingerprint density at radius 1 is 1.44 bits per heavy atom. The average Bonchev–Trinajstić information content (AvgIpc) is 2.69. The molecule has 2 aromatic heterocycles. The summed E-state index contributed by atoms with van der Waals surface area (Å²) in [7, 11) is 1.99. The summed E-state index contributed by atoms with van der Waals surface area (Å²) in [4.78, 5) is 4.13. The molecule has 0 unspecified atom stereocenters. The number of aromatic nitrogens is 3. The number of aryl methyl sites for hydroxylation is 1. The lowest BCUT2D eigenvalue weighted by molar-refractivity contribution is 0.109. The van der Waals surface area contributed by atoms with Crippen molar-refractivity contribution < 1.29 is 4.74 Å². The van der Waals surface area contributed by atoms with Crippen molar-refractivity contribution in [1.29, 1.82) is 0 Å². The van der Waals surface area contributed by atoms with Gasteiger partial charge in [-0.15, -0.1) is 0 Å². The largest absolute Gasteiger partial charge is 0.376 e. The number of hydrogen-bond donors (Lipinski definition) is 0. The van der Waals surface area contributed by atoms with Crippen LogP contribution in [0, 0.1) is 0 Å². The van der Waals surface area contributed by atoms with E-state index in [-0.39, 0.29) is 0 Å². The quantitative estimate of drug-likeness (QED) is 0.724. The van der Waals surface area contributed by atoms with Gasteiger partial charge in [-0.1, -0.05) is 0 Å². The lowest BCUT2D eigenvalue weighted by atomic mass is 10.1. The van der Waals surface area contributed by atoms with Crippen LogP contribution in [0.25, 0.3) is 11.3 Å². The normalized spacial score (nSPS) is 14.8. The number of nitrogens with zero attached hydrogens (tertiary/aromatic N) is 3. The van der Waals surface area contributed by atoms with Crippen molar-refractivity contribution in [2.24, 2.45) is 7.05 Å². The van der Waals surface area contributed by atoms with Gasteiger partial charge in [-0.05, 0) is 12.1 Å². The minimum atomic E-state index is 0.660. The van der Waals surface area contributed by atoms with Crippen molar-refractivity contribution in [2.75, 3.05) is 6.61 Å². The summed E-state index contributed by atoms with van der Waals surface area (Å²) >= 11 is 0. The topological polar surface area (TPSA) is 39.9 Å². The fraction of sp³-hybridized carbons (Fsp3) is 0.333. The third-order valence-electron chi connectivity index (χ3n) is 2.94. The van der Waals surface area contributed by atoms with Crippen molar-refractivity contribution in [3.8, 4) is 11.3 Å². The van der Waals surface area contributed by atoms with Crippen molar-refractivity contribution in [2.45, 2.75) is 13.0 Å². The molecule has 0 N–H and O–H groups in total. The summed E-state index contributed by atoms with van der Waals surface area (Å²) in [5.41, 5.74) is 4.56. The summed E-state index contributed by atoms with van der Waals surface area (Å²) < 4.78 is 7.46. The Kier molecular flexibility index (Phi) is 2.22. The van der Waals surface area contributed by atoms with E-state index in [2.05, 4.69) is 10.1 Å². The number of fused-ring (bicyclic) bond motifs is 1. The molecule has 3 heterocycles. The minimum absolute atomic E-state index is 0.660. The van der Waals surface area contributed by atoms with E-state index in [1.165, 1.54) is 11.3 Å². The average molecular weight is 215 g/mol. The lowest BCUT2D eigenvalue weighted by Crippen LogP contribution is -2.11. The summed E-state index contributed by atoms with van der Waals surface area (Å²) in [5, 5.41) is 4.56. The van der Waals surface area contributed by atoms with Crippen LogP contribution in [0.3, 0.4) is 0 Å². The zero-order valence-electron chi connectivity index (χ0n) is 9.18. The van der Waals surface area contributed by atoms with Crippen LogP contribution in [-0.4, -0.2) is 21.4 Å². The summed E-state index contributed by atoms with van der Waals surface area (Å²) in [6.07, 6.45) is 4.56. The van der Waals surface area contributed by atoms with Gasteiger partial charge in [0.15, 0.2) is 0 Å². The van der Waals surface area contributed by atoms with E-state index in [0.29, 0.717) is 6.61 Å². The Morgan fingerprint density at radius 2 is 2.38 bits per heavy atom. The second-order valence-electron chi connectivity index (χ2n) is 3.94. The molecule has 3 rings (SSSR count). The zero-order valence-corrected chi connectivity index (χ0v) is 9.18. The van der Waals surface area contributed by atoms with Gasteiger partial charge in [0.1, 0.15) is 0 Å². The highest BCUT2D eigenvalue weighted by Gasteiger charge is 2.20. The SMILES string of the molecule is Cn1nc(-c2cccnc2)c2c1CCOC2. The highest BCUT2D eigenvalue weighted by Crippen LogP contribution is 2.27. The number of rotatable bonds is 1. The molecule has 4 heteroatoms. The Balaban J connectivity index is 2.15. The van der Waals surface area contributed by atoms with Crippen molar-refractivity contribution in [3.05, 3.63) is 35.8 Å². The molecule has 1 aliphatic rings. The van der Waals surface area contributed by atoms with E-state index in [0.717, 1.165) is 24.3 Å². The lowest BCUT2D eigenvalue weighted by Gasteiger charge is -2.13. The first-order valence-corrected chi connectivity index (χ1v) is 5.39. The second-order valence-corrected chi connectivity index (χ2v) is 3.94. The molecule has 0 spiro atoms. The van der Waals surface area contributed by atoms with Crippen LogP contribution in [0.1, 0.15) is 11.3 Å². The van der Waals surface area contributed by atoms with Gasteiger partial charge in [-0.25, -0.2) is 0 Å². The maximum atomic E-state index is 5.50. The van der Waals surface area contributed by atoms with Gasteiger partial charge in [-0.2, -0.15) is 5.10 Å². The molecule has 0 saturated heterocycles. The monoisotopic (exact) mass is 215 g/mol. The van der Waals surface area contributed by atoms with Gasteiger partial charge >= 0.3 is 0 Å². The predicted molar refractivity (Wildman–Crippen MR) is 59.8 cm³/mol. The van der Waals surface area contributed by atoms with Gasteiger partial charge in [0.2, 0.25) is 0 Å². The van der Waals surface area contributed by atoms with E-state index in [9.17, 15) is 0 Å². The third kappa shape index (κ3) is 1.42. The molecule has 0 aromatic carbocycles. The molecule has 0 fully saturated rings. The maximum absolute atomic E-state index is 5.50. The van der Waals surface area contributed by atoms with Gasteiger partial charge in [0, 0.05) is 42.7 Å². The van der Waals surface area contributed by atoms with Crippen LogP contribution < -0.4 is 0 Å². The molecule has 0 radical (unpaired) electrons. The summed E-state index contributed by atoms with van der Waals surface area (Å²) in [6.45, 7) is 1.45. The molecule has 0 saturated carbocycles. The standard InChI is InChI=1S/C12H13N3O/c1-15-11-4-6-16-8-10(11)12(14-15)9-3-2-5-13-7-9/h2-3,5,7H,4,6,8H2,1H3. The van der Waals surface area contributed by atoms with Crippen LogP contribution in [0.4, 0.5) is 0 Å². The number of hydrogen-bond acceptors (Lipinski definition) is 3. The van der Waals surface area contributed by atoms with Crippen LogP contribution >= 0.6 is 0 Å². The molecule has 82 valence electrons. The van der Waals surface area contributed by atoms with E-state index in [1.54, 1.807) is 6.20 Å². The molecular formula is C12H13N3O. The maximum Gasteiger partial charge on any atom is 0.0996 e. The fourth-order valence-electron chi connectivity index (χ4n) is 2.14. The molecular weight excluding hydrogens is 202 g/mol. The van der Waals surface area contributed by atoms with Crippen LogP contribution in [0.2, 0.25) is 0 Å². The van der Waals surface area contributed by atoms with Crippen LogP contribution in [-0.2, 0) is 24.8 Å². The Morgan fingerprint density at radius 3 is 3.19 bits per heavy atom. The summed E-state index contributed by atoms with van der Waals surface area (Å²) in [5.74, 6) is 0. The summed E-state index contributed by atoms with van der Waals surface area (Å²) in [6, 6.07) is 3.96. The van der Waals surface area contributed by atoms with Crippen molar-refractivity contribution in [1.82, 2.24) is 14.8 Å². The van der Waals surface area contributed by atoms with Gasteiger partial charge < -0.3 is 4.74 Å². The Labute approximate surface area is 93.9 Å². The zero-order chi connectivity index (χ0) is 11.0.